The number of nitrogens with zero attached hydrogens (tertiary/aromatic N) is 2. The molecule has 40 heavy (non-hydrogen) atoms. The third kappa shape index (κ3) is 6.69. The van der Waals surface area contributed by atoms with Crippen molar-refractivity contribution in [1.82, 2.24) is 4.90 Å². The largest absolute Gasteiger partial charge is 0.489 e. The molecule has 3 aromatic carbocycles. The summed E-state index contributed by atoms with van der Waals surface area (Å²) in [5.41, 5.74) is 1.87. The maximum absolute atomic E-state index is 14.2. The molecule has 2 aliphatic rings. The minimum absolute atomic E-state index is 0.00469. The van der Waals surface area contributed by atoms with Crippen molar-refractivity contribution >= 4 is 52.1 Å². The number of carbonyl (C=O) groups excluding carboxylic acids is 2. The van der Waals surface area contributed by atoms with Crippen molar-refractivity contribution in [2.24, 2.45) is 0 Å². The molecular formula is C30H31Cl2FN4O3. The van der Waals surface area contributed by atoms with Crippen molar-refractivity contribution in [3.63, 3.8) is 0 Å². The van der Waals surface area contributed by atoms with Gasteiger partial charge in [-0.25, -0.2) is 4.39 Å². The summed E-state index contributed by atoms with van der Waals surface area (Å²) in [6, 6.07) is 13.9. The fraction of sp³-hybridized carbons (Fsp3) is 0.333. The summed E-state index contributed by atoms with van der Waals surface area (Å²) in [6.07, 6.45) is 3.98. The van der Waals surface area contributed by atoms with Gasteiger partial charge in [-0.05, 0) is 81.3 Å². The Morgan fingerprint density at radius 1 is 0.850 bits per heavy atom. The first-order valence-electron chi connectivity index (χ1n) is 13.4. The predicted molar refractivity (Wildman–Crippen MR) is 158 cm³/mol. The van der Waals surface area contributed by atoms with E-state index in [1.807, 2.05) is 12.1 Å². The molecule has 210 valence electrons. The Labute approximate surface area is 243 Å². The number of nitrogens with one attached hydrogen (secondary N) is 2. The number of likely N-dealkylation sites (tertiary alicyclic amines) is 1. The molecule has 10 heteroatoms. The van der Waals surface area contributed by atoms with E-state index in [1.54, 1.807) is 18.2 Å². The van der Waals surface area contributed by atoms with E-state index in [0.29, 0.717) is 22.0 Å². The molecule has 0 atom stereocenters. The van der Waals surface area contributed by atoms with Gasteiger partial charge in [0.15, 0.2) is 0 Å². The van der Waals surface area contributed by atoms with Gasteiger partial charge in [-0.15, -0.1) is 0 Å². The van der Waals surface area contributed by atoms with Gasteiger partial charge >= 0.3 is 0 Å². The van der Waals surface area contributed by atoms with Gasteiger partial charge in [-0.3, -0.25) is 9.59 Å². The minimum Gasteiger partial charge on any atom is -0.489 e. The van der Waals surface area contributed by atoms with E-state index in [1.165, 1.54) is 18.2 Å². The number of piperidine rings is 1. The third-order valence-electron chi connectivity index (χ3n) is 7.29. The second-order valence-corrected chi connectivity index (χ2v) is 11.0. The Morgan fingerprint density at radius 3 is 2.30 bits per heavy atom. The van der Waals surface area contributed by atoms with E-state index in [2.05, 4.69) is 27.5 Å². The number of ether oxygens (including phenoxy) is 1. The number of benzene rings is 3. The number of carbonyl (C=O) groups is 2. The van der Waals surface area contributed by atoms with Crippen LogP contribution in [-0.2, 0) is 0 Å². The minimum atomic E-state index is -0.612. The molecular weight excluding hydrogens is 554 g/mol. The number of hydrogen-bond donors (Lipinski definition) is 2. The molecule has 2 N–H and O–H groups in total. The van der Waals surface area contributed by atoms with E-state index in [0.717, 1.165) is 63.6 Å². The lowest BCUT2D eigenvalue weighted by Crippen LogP contribution is -2.36. The second-order valence-electron chi connectivity index (χ2n) is 10.2. The number of hydrogen-bond acceptors (Lipinski definition) is 5. The molecule has 0 spiro atoms. The summed E-state index contributed by atoms with van der Waals surface area (Å²) in [5.74, 6) is -1.18. The van der Waals surface area contributed by atoms with Gasteiger partial charge in [0.2, 0.25) is 0 Å². The van der Waals surface area contributed by atoms with Crippen LogP contribution >= 0.6 is 23.2 Å². The van der Waals surface area contributed by atoms with Crippen molar-refractivity contribution < 1.29 is 18.7 Å². The van der Waals surface area contributed by atoms with Crippen LogP contribution < -0.4 is 20.3 Å². The maximum Gasteiger partial charge on any atom is 0.259 e. The standard InChI is InChI=1S/C30H31Cl2FN4O3/c1-36-14-10-22(11-15-36)40-28-18-21(37-12-2-3-13-37)6-7-23(28)29(38)35-27-9-4-19(33)16-24(27)30(39)34-20-5-8-25(31)26(32)17-20/h4-9,16-18,22H,2-3,10-15H2,1H3,(H,34,39)(H,35,38). The fourth-order valence-electron chi connectivity index (χ4n) is 5.03. The van der Waals surface area contributed by atoms with Crippen LogP contribution in [0, 0.1) is 5.82 Å². The third-order valence-corrected chi connectivity index (χ3v) is 8.03. The highest BCUT2D eigenvalue weighted by Crippen LogP contribution is 2.32. The Hall–Kier alpha value is -3.33. The number of anilines is 3. The van der Waals surface area contributed by atoms with E-state index >= 15 is 0 Å². The van der Waals surface area contributed by atoms with E-state index < -0.39 is 17.6 Å². The molecule has 0 aromatic heterocycles. The molecule has 7 nitrogen and oxygen atoms in total. The van der Waals surface area contributed by atoms with Crippen LogP contribution in [0.1, 0.15) is 46.4 Å². The van der Waals surface area contributed by atoms with Crippen LogP contribution in [-0.4, -0.2) is 56.0 Å². The van der Waals surface area contributed by atoms with Gasteiger partial charge in [-0.1, -0.05) is 23.2 Å². The van der Waals surface area contributed by atoms with E-state index in [4.69, 9.17) is 27.9 Å². The van der Waals surface area contributed by atoms with Crippen molar-refractivity contribution in [1.29, 1.82) is 0 Å². The van der Waals surface area contributed by atoms with Gasteiger partial charge in [0, 0.05) is 43.6 Å². The Bertz CT molecular complexity index is 1410. The number of rotatable bonds is 7. The van der Waals surface area contributed by atoms with Crippen molar-refractivity contribution in [2.45, 2.75) is 31.8 Å². The number of halogens is 3. The molecule has 2 amide bonds. The quantitative estimate of drug-likeness (QED) is 0.323. The molecule has 0 bridgehead atoms. The van der Waals surface area contributed by atoms with Gasteiger partial charge in [0.25, 0.3) is 11.8 Å². The highest BCUT2D eigenvalue weighted by Gasteiger charge is 2.24. The van der Waals surface area contributed by atoms with Crippen molar-refractivity contribution in [2.75, 3.05) is 48.8 Å². The average Bonchev–Trinajstić information content (AvgIpc) is 3.48. The molecule has 0 radical (unpaired) electrons. The summed E-state index contributed by atoms with van der Waals surface area (Å²) >= 11 is 12.0. The van der Waals surface area contributed by atoms with Crippen LogP contribution in [0.2, 0.25) is 10.0 Å². The maximum atomic E-state index is 14.2. The van der Waals surface area contributed by atoms with Gasteiger partial charge in [-0.2, -0.15) is 0 Å². The normalized spacial score (nSPS) is 16.1. The fourth-order valence-corrected chi connectivity index (χ4v) is 5.32. The highest BCUT2D eigenvalue weighted by molar-refractivity contribution is 6.42. The number of amides is 2. The summed E-state index contributed by atoms with van der Waals surface area (Å²) < 4.78 is 20.6. The molecule has 2 saturated heterocycles. The van der Waals surface area contributed by atoms with Crippen LogP contribution in [0.3, 0.4) is 0 Å². The van der Waals surface area contributed by atoms with Crippen LogP contribution in [0.5, 0.6) is 5.75 Å². The Morgan fingerprint density at radius 2 is 1.57 bits per heavy atom. The zero-order valence-corrected chi connectivity index (χ0v) is 23.7. The van der Waals surface area contributed by atoms with Crippen LogP contribution in [0.25, 0.3) is 0 Å². The van der Waals surface area contributed by atoms with Crippen LogP contribution in [0.15, 0.2) is 54.6 Å². The highest BCUT2D eigenvalue weighted by atomic mass is 35.5. The van der Waals surface area contributed by atoms with E-state index in [9.17, 15) is 14.0 Å². The molecule has 2 heterocycles. The average molecular weight is 586 g/mol. The summed E-state index contributed by atoms with van der Waals surface area (Å²) in [7, 11) is 2.08. The van der Waals surface area contributed by atoms with Crippen LogP contribution in [0.4, 0.5) is 21.5 Å². The molecule has 3 aromatic rings. The van der Waals surface area contributed by atoms with Crippen molar-refractivity contribution in [3.8, 4) is 5.75 Å². The summed E-state index contributed by atoms with van der Waals surface area (Å²) in [5, 5.41) is 6.09. The smallest absolute Gasteiger partial charge is 0.259 e. The molecule has 5 rings (SSSR count). The molecule has 0 unspecified atom stereocenters. The van der Waals surface area contributed by atoms with Gasteiger partial charge in [0.05, 0.1) is 26.9 Å². The summed E-state index contributed by atoms with van der Waals surface area (Å²) in [4.78, 5) is 31.2. The van der Waals surface area contributed by atoms with E-state index in [-0.39, 0.29) is 22.4 Å². The first kappa shape index (κ1) is 28.2. The zero-order chi connectivity index (χ0) is 28.2. The molecule has 0 saturated carbocycles. The second kappa shape index (κ2) is 12.5. The van der Waals surface area contributed by atoms with Crippen molar-refractivity contribution in [3.05, 3.63) is 81.6 Å². The predicted octanol–water partition coefficient (Wildman–Crippen LogP) is 6.71. The molecule has 2 fully saturated rings. The summed E-state index contributed by atoms with van der Waals surface area (Å²) in [6.45, 7) is 3.77. The lowest BCUT2D eigenvalue weighted by atomic mass is 10.1. The first-order chi connectivity index (χ1) is 19.3. The first-order valence-corrected chi connectivity index (χ1v) is 14.1. The topological polar surface area (TPSA) is 73.9 Å². The molecule has 0 aliphatic carbocycles. The Kier molecular flexibility index (Phi) is 8.78. The lowest BCUT2D eigenvalue weighted by molar-refractivity contribution is 0.0989. The Balaban J connectivity index is 1.40. The monoisotopic (exact) mass is 584 g/mol. The lowest BCUT2D eigenvalue weighted by Gasteiger charge is -2.30. The zero-order valence-electron chi connectivity index (χ0n) is 22.2. The SMILES string of the molecule is CN1CCC(Oc2cc(N3CCCC3)ccc2C(=O)Nc2ccc(F)cc2C(=O)Nc2ccc(Cl)c(Cl)c2)CC1. The van der Waals surface area contributed by atoms with Gasteiger partial charge in [0.1, 0.15) is 17.7 Å². The van der Waals surface area contributed by atoms with Gasteiger partial charge < -0.3 is 25.2 Å². The molecule has 2 aliphatic heterocycles.